The molecule has 0 bridgehead atoms. The average Bonchev–Trinajstić information content (AvgIpc) is 2.82. The van der Waals surface area contributed by atoms with Gasteiger partial charge in [0.2, 0.25) is 0 Å². The molecule has 1 aromatic heterocycles. The first-order chi connectivity index (χ1) is 8.07. The van der Waals surface area contributed by atoms with Crippen LogP contribution in [0.3, 0.4) is 0 Å². The summed E-state index contributed by atoms with van der Waals surface area (Å²) in [6, 6.07) is 0. The van der Waals surface area contributed by atoms with Crippen molar-refractivity contribution in [2.24, 2.45) is 11.8 Å². The summed E-state index contributed by atoms with van der Waals surface area (Å²) in [5.41, 5.74) is -0.0531. The minimum absolute atomic E-state index is 0.0531. The van der Waals surface area contributed by atoms with Gasteiger partial charge in [-0.1, -0.05) is 40.5 Å². The van der Waals surface area contributed by atoms with Gasteiger partial charge in [0.1, 0.15) is 0 Å². The van der Waals surface area contributed by atoms with Gasteiger partial charge in [0, 0.05) is 12.4 Å². The van der Waals surface area contributed by atoms with E-state index in [-0.39, 0.29) is 5.54 Å². The van der Waals surface area contributed by atoms with Crippen LogP contribution < -0.4 is 0 Å². The largest absolute Gasteiger partial charge is 0.331 e. The first-order valence-corrected chi connectivity index (χ1v) is 6.91. The van der Waals surface area contributed by atoms with Crippen molar-refractivity contribution in [3.8, 4) is 0 Å². The molecule has 2 heteroatoms. The van der Waals surface area contributed by atoms with Crippen molar-refractivity contribution in [1.82, 2.24) is 9.55 Å². The van der Waals surface area contributed by atoms with E-state index in [9.17, 15) is 0 Å². The molecular weight excluding hydrogens is 208 g/mol. The zero-order chi connectivity index (χ0) is 12.9. The van der Waals surface area contributed by atoms with Crippen LogP contribution in [0.2, 0.25) is 0 Å². The number of aromatic nitrogens is 2. The van der Waals surface area contributed by atoms with Gasteiger partial charge in [-0.2, -0.15) is 0 Å². The Kier molecular flexibility index (Phi) is 5.23. The molecule has 0 spiro atoms. The van der Waals surface area contributed by atoms with Crippen LogP contribution in [0.4, 0.5) is 0 Å². The number of rotatable bonds is 7. The summed E-state index contributed by atoms with van der Waals surface area (Å²) in [5.74, 6) is 1.14. The molecule has 1 rings (SSSR count). The topological polar surface area (TPSA) is 17.8 Å². The fraction of sp³-hybridized carbons (Fsp3) is 0.733. The van der Waals surface area contributed by atoms with Crippen LogP contribution in [0.25, 0.3) is 0 Å². The average molecular weight is 235 g/mol. The van der Waals surface area contributed by atoms with E-state index in [1.165, 1.54) is 25.7 Å². The Morgan fingerprint density at radius 3 is 2.06 bits per heavy atom. The Labute approximate surface area is 106 Å². The zero-order valence-electron chi connectivity index (χ0n) is 11.8. The Morgan fingerprint density at radius 2 is 1.71 bits per heavy atom. The van der Waals surface area contributed by atoms with Gasteiger partial charge >= 0.3 is 0 Å². The van der Waals surface area contributed by atoms with Crippen molar-refractivity contribution in [2.75, 3.05) is 0 Å². The molecule has 0 amide bonds. The smallest absolute Gasteiger partial charge is 0.0951 e. The van der Waals surface area contributed by atoms with E-state index in [1.807, 2.05) is 12.5 Å². The van der Waals surface area contributed by atoms with Crippen molar-refractivity contribution in [3.05, 3.63) is 25.6 Å². The third-order valence-corrected chi connectivity index (χ3v) is 4.14. The minimum atomic E-state index is -0.0531. The number of imidazole rings is 1. The number of nitrogens with zero attached hydrogens (tertiary/aromatic N) is 2. The highest BCUT2D eigenvalue weighted by Gasteiger charge is 2.37. The molecule has 0 aliphatic heterocycles. The predicted octanol–water partition coefficient (Wildman–Crippen LogP) is 4.28. The van der Waals surface area contributed by atoms with Crippen molar-refractivity contribution >= 4 is 0 Å². The summed E-state index contributed by atoms with van der Waals surface area (Å²) in [6.45, 7) is 13.7. The van der Waals surface area contributed by atoms with Gasteiger partial charge in [0.15, 0.2) is 0 Å². The van der Waals surface area contributed by atoms with Gasteiger partial charge in [-0.15, -0.1) is 0 Å². The molecule has 0 saturated heterocycles. The van der Waals surface area contributed by atoms with Gasteiger partial charge < -0.3 is 4.57 Å². The van der Waals surface area contributed by atoms with Crippen LogP contribution in [0.1, 0.15) is 53.4 Å². The summed E-state index contributed by atoms with van der Waals surface area (Å²) >= 11 is 0. The molecule has 17 heavy (non-hydrogen) atoms. The highest BCUT2D eigenvalue weighted by molar-refractivity contribution is 5.00. The van der Waals surface area contributed by atoms with E-state index in [2.05, 4.69) is 50.4 Å². The molecule has 97 valence electrons. The molecule has 0 saturated carbocycles. The maximum atomic E-state index is 4.57. The molecule has 1 heterocycles. The lowest BCUT2D eigenvalue weighted by Crippen LogP contribution is -2.42. The van der Waals surface area contributed by atoms with E-state index in [1.54, 1.807) is 0 Å². The summed E-state index contributed by atoms with van der Waals surface area (Å²) < 4.78 is 2.22. The molecule has 0 fully saturated rings. The summed E-state index contributed by atoms with van der Waals surface area (Å²) in [4.78, 5) is 4.20. The normalized spacial score (nSPS) is 18.6. The van der Waals surface area contributed by atoms with Crippen LogP contribution in [0.5, 0.6) is 0 Å². The lowest BCUT2D eigenvalue weighted by molar-refractivity contribution is 0.138. The monoisotopic (exact) mass is 235 g/mol. The van der Waals surface area contributed by atoms with Crippen molar-refractivity contribution < 1.29 is 0 Å². The van der Waals surface area contributed by atoms with E-state index in [4.69, 9.17) is 0 Å². The predicted molar refractivity (Wildman–Crippen MR) is 73.7 cm³/mol. The third-order valence-electron chi connectivity index (χ3n) is 4.14. The first-order valence-electron chi connectivity index (χ1n) is 6.91. The molecule has 2 unspecified atom stereocenters. The van der Waals surface area contributed by atoms with Crippen molar-refractivity contribution in [2.45, 2.75) is 58.9 Å². The fourth-order valence-corrected chi connectivity index (χ4v) is 2.87. The summed E-state index contributed by atoms with van der Waals surface area (Å²) in [7, 11) is 0. The highest BCUT2D eigenvalue weighted by Crippen LogP contribution is 2.38. The Hall–Kier alpha value is -0.790. The molecule has 0 N–H and O–H groups in total. The second kappa shape index (κ2) is 6.23. The Balaban J connectivity index is 2.99. The molecule has 1 radical (unpaired) electrons. The maximum Gasteiger partial charge on any atom is 0.0951 e. The van der Waals surface area contributed by atoms with Crippen LogP contribution in [-0.2, 0) is 5.54 Å². The Bertz CT molecular complexity index is 291. The quantitative estimate of drug-likeness (QED) is 0.689. The standard InChI is InChI=1S/C15H27N2/c1-6-8-13(3)15(5,14(4)9-7-2)17-11-10-16-12-17/h10-14H,5-9H2,1-4H3. The molecule has 2 nitrogen and oxygen atoms in total. The van der Waals surface area contributed by atoms with E-state index in [0.29, 0.717) is 11.8 Å². The molecule has 0 aliphatic carbocycles. The van der Waals surface area contributed by atoms with E-state index >= 15 is 0 Å². The number of hydrogen-bond donors (Lipinski definition) is 0. The molecule has 0 aliphatic rings. The van der Waals surface area contributed by atoms with Crippen molar-refractivity contribution in [1.29, 1.82) is 0 Å². The van der Waals surface area contributed by atoms with Crippen LogP contribution in [-0.4, -0.2) is 9.55 Å². The van der Waals surface area contributed by atoms with Crippen molar-refractivity contribution in [3.63, 3.8) is 0 Å². The number of hydrogen-bond acceptors (Lipinski definition) is 1. The van der Waals surface area contributed by atoms with Crippen LogP contribution >= 0.6 is 0 Å². The van der Waals surface area contributed by atoms with E-state index in [0.717, 1.165) is 0 Å². The van der Waals surface area contributed by atoms with Crippen LogP contribution in [0, 0.1) is 18.8 Å². The summed E-state index contributed by atoms with van der Waals surface area (Å²) in [6.07, 6.45) is 10.7. The molecule has 2 atom stereocenters. The second-order valence-corrected chi connectivity index (χ2v) is 5.34. The van der Waals surface area contributed by atoms with Gasteiger partial charge in [0.25, 0.3) is 0 Å². The maximum absolute atomic E-state index is 4.57. The van der Waals surface area contributed by atoms with Crippen LogP contribution in [0.15, 0.2) is 18.7 Å². The van der Waals surface area contributed by atoms with E-state index < -0.39 is 0 Å². The molecule has 1 aromatic rings. The second-order valence-electron chi connectivity index (χ2n) is 5.34. The molecular formula is C15H27N2. The lowest BCUT2D eigenvalue weighted by Gasteiger charge is -2.42. The fourth-order valence-electron chi connectivity index (χ4n) is 2.87. The first kappa shape index (κ1) is 14.3. The Morgan fingerprint density at radius 1 is 1.18 bits per heavy atom. The third kappa shape index (κ3) is 2.91. The highest BCUT2D eigenvalue weighted by atomic mass is 15.1. The van der Waals surface area contributed by atoms with Gasteiger partial charge in [-0.3, -0.25) is 0 Å². The molecule has 0 aromatic carbocycles. The van der Waals surface area contributed by atoms with Gasteiger partial charge in [-0.25, -0.2) is 4.98 Å². The minimum Gasteiger partial charge on any atom is -0.331 e. The van der Waals surface area contributed by atoms with Gasteiger partial charge in [0.05, 0.1) is 11.9 Å². The summed E-state index contributed by atoms with van der Waals surface area (Å²) in [5, 5.41) is 0. The lowest BCUT2D eigenvalue weighted by atomic mass is 9.73. The SMILES string of the molecule is [CH2]C(C(C)CCC)(C(C)CCC)n1ccnc1. The van der Waals surface area contributed by atoms with Gasteiger partial charge in [-0.05, 0) is 31.6 Å². The zero-order valence-corrected chi connectivity index (χ0v) is 11.8.